The molecular formula is C8H12Cl3NO. The fourth-order valence-corrected chi connectivity index (χ4v) is 0.730. The fraction of sp³-hybridized carbons (Fsp3) is 0.750. The van der Waals surface area contributed by atoms with E-state index in [0.29, 0.717) is 6.54 Å². The molecule has 1 N–H and O–H groups in total. The van der Waals surface area contributed by atoms with Crippen LogP contribution in [0.5, 0.6) is 0 Å². The summed E-state index contributed by atoms with van der Waals surface area (Å²) in [5, 5.41) is 9.24. The lowest BCUT2D eigenvalue weighted by atomic mass is 10.3. The van der Waals surface area contributed by atoms with Crippen LogP contribution in [0.25, 0.3) is 0 Å². The van der Waals surface area contributed by atoms with Crippen molar-refractivity contribution < 1.29 is 5.11 Å². The van der Waals surface area contributed by atoms with Gasteiger partial charge in [0.25, 0.3) is 0 Å². The second kappa shape index (κ2) is 5.95. The molecule has 13 heavy (non-hydrogen) atoms. The zero-order valence-corrected chi connectivity index (χ0v) is 9.79. The highest BCUT2D eigenvalue weighted by atomic mass is 35.6. The minimum atomic E-state index is -1.65. The number of halogens is 3. The van der Waals surface area contributed by atoms with Crippen molar-refractivity contribution in [3.8, 4) is 11.8 Å². The Labute approximate surface area is 93.8 Å². The Morgan fingerprint density at radius 2 is 1.85 bits per heavy atom. The molecule has 0 aliphatic carbocycles. The third-order valence-corrected chi connectivity index (χ3v) is 1.95. The molecule has 0 aromatic carbocycles. The zero-order chi connectivity index (χ0) is 10.5. The number of nitrogens with zero attached hydrogens (tertiary/aromatic N) is 1. The second-order valence-electron chi connectivity index (χ2n) is 2.85. The Morgan fingerprint density at radius 1 is 1.31 bits per heavy atom. The van der Waals surface area contributed by atoms with E-state index in [1.54, 1.807) is 0 Å². The molecule has 2 nitrogen and oxygen atoms in total. The predicted octanol–water partition coefficient (Wildman–Crippen LogP) is 1.67. The van der Waals surface area contributed by atoms with Crippen LogP contribution in [0.2, 0.25) is 0 Å². The van der Waals surface area contributed by atoms with Crippen molar-refractivity contribution in [2.45, 2.75) is 16.3 Å². The van der Waals surface area contributed by atoms with E-state index in [0.717, 1.165) is 0 Å². The van der Waals surface area contributed by atoms with Crippen LogP contribution in [0.3, 0.4) is 0 Å². The van der Waals surface area contributed by atoms with Crippen LogP contribution in [0.15, 0.2) is 0 Å². The van der Waals surface area contributed by atoms with Crippen molar-refractivity contribution in [1.29, 1.82) is 0 Å². The van der Waals surface area contributed by atoms with Gasteiger partial charge in [-0.2, -0.15) is 0 Å². The quantitative estimate of drug-likeness (QED) is 0.590. The third-order valence-electron chi connectivity index (χ3n) is 1.19. The van der Waals surface area contributed by atoms with Gasteiger partial charge in [0.1, 0.15) is 6.10 Å². The van der Waals surface area contributed by atoms with Gasteiger partial charge in [-0.1, -0.05) is 46.6 Å². The van der Waals surface area contributed by atoms with E-state index in [1.807, 2.05) is 19.0 Å². The van der Waals surface area contributed by atoms with Crippen molar-refractivity contribution in [3.63, 3.8) is 0 Å². The Morgan fingerprint density at radius 3 is 2.23 bits per heavy atom. The van der Waals surface area contributed by atoms with Gasteiger partial charge in [-0.3, -0.25) is 4.90 Å². The largest absolute Gasteiger partial charge is 0.388 e. The Hall–Kier alpha value is 0.350. The highest BCUT2D eigenvalue weighted by Gasteiger charge is 2.29. The minimum Gasteiger partial charge on any atom is -0.388 e. The maximum atomic E-state index is 9.24. The lowest BCUT2D eigenvalue weighted by molar-refractivity contribution is 0.184. The first-order chi connectivity index (χ1) is 5.84. The summed E-state index contributed by atoms with van der Waals surface area (Å²) in [6, 6.07) is 0. The van der Waals surface area contributed by atoms with Crippen molar-refractivity contribution in [2.24, 2.45) is 0 Å². The van der Waals surface area contributed by atoms with Gasteiger partial charge in [0.15, 0.2) is 0 Å². The number of alkyl halides is 3. The van der Waals surface area contributed by atoms with Gasteiger partial charge in [-0.15, -0.1) is 0 Å². The van der Waals surface area contributed by atoms with Crippen molar-refractivity contribution in [2.75, 3.05) is 20.6 Å². The van der Waals surface area contributed by atoms with Crippen LogP contribution in [-0.2, 0) is 0 Å². The van der Waals surface area contributed by atoms with E-state index >= 15 is 0 Å². The van der Waals surface area contributed by atoms with Crippen LogP contribution >= 0.6 is 34.8 Å². The van der Waals surface area contributed by atoms with Crippen molar-refractivity contribution >= 4 is 34.8 Å². The first-order valence-electron chi connectivity index (χ1n) is 3.69. The van der Waals surface area contributed by atoms with Gasteiger partial charge in [0.2, 0.25) is 3.79 Å². The van der Waals surface area contributed by atoms with E-state index in [1.165, 1.54) is 0 Å². The molecule has 0 aliphatic rings. The lowest BCUT2D eigenvalue weighted by Gasteiger charge is -2.15. The third kappa shape index (κ3) is 7.42. The monoisotopic (exact) mass is 243 g/mol. The standard InChI is InChI=1S/C8H12Cl3NO/c1-12(2)6-4-3-5-7(13)8(9,10)11/h7,13H,5-6H2,1-2H3. The molecule has 0 heterocycles. The van der Waals surface area contributed by atoms with E-state index in [9.17, 15) is 5.11 Å². The summed E-state index contributed by atoms with van der Waals surface area (Å²) in [4.78, 5) is 1.91. The molecule has 0 aliphatic heterocycles. The number of aliphatic hydroxyl groups excluding tert-OH is 1. The molecule has 0 bridgehead atoms. The normalized spacial score (nSPS) is 13.8. The van der Waals surface area contributed by atoms with Crippen molar-refractivity contribution in [3.05, 3.63) is 0 Å². The summed E-state index contributed by atoms with van der Waals surface area (Å²) in [6.45, 7) is 0.632. The second-order valence-corrected chi connectivity index (χ2v) is 5.22. The van der Waals surface area contributed by atoms with Gasteiger partial charge in [0, 0.05) is 6.42 Å². The molecule has 76 valence electrons. The van der Waals surface area contributed by atoms with E-state index in [-0.39, 0.29) is 6.42 Å². The Bertz CT molecular complexity index is 202. The van der Waals surface area contributed by atoms with Crippen LogP contribution < -0.4 is 0 Å². The molecule has 5 heteroatoms. The van der Waals surface area contributed by atoms with Crippen LogP contribution in [0, 0.1) is 11.8 Å². The summed E-state index contributed by atoms with van der Waals surface area (Å²) >= 11 is 16.3. The molecular weight excluding hydrogens is 232 g/mol. The summed E-state index contributed by atoms with van der Waals surface area (Å²) in [7, 11) is 3.81. The topological polar surface area (TPSA) is 23.5 Å². The van der Waals surface area contributed by atoms with Gasteiger partial charge < -0.3 is 5.11 Å². The van der Waals surface area contributed by atoms with Gasteiger partial charge in [-0.25, -0.2) is 0 Å². The summed E-state index contributed by atoms with van der Waals surface area (Å²) < 4.78 is -1.65. The molecule has 1 atom stereocenters. The fourth-order valence-electron chi connectivity index (χ4n) is 0.499. The Balaban J connectivity index is 3.80. The van der Waals surface area contributed by atoms with Gasteiger partial charge in [-0.05, 0) is 14.1 Å². The molecule has 0 spiro atoms. The average molecular weight is 245 g/mol. The predicted molar refractivity (Wildman–Crippen MR) is 57.2 cm³/mol. The number of rotatable bonds is 2. The minimum absolute atomic E-state index is 0.171. The van der Waals surface area contributed by atoms with Crippen molar-refractivity contribution in [1.82, 2.24) is 4.90 Å². The smallest absolute Gasteiger partial charge is 0.216 e. The average Bonchev–Trinajstić information content (AvgIpc) is 1.95. The SMILES string of the molecule is CN(C)CC#CCC(O)C(Cl)(Cl)Cl. The highest BCUT2D eigenvalue weighted by Crippen LogP contribution is 2.31. The van der Waals surface area contributed by atoms with Gasteiger partial charge >= 0.3 is 0 Å². The lowest BCUT2D eigenvalue weighted by Crippen LogP contribution is -2.24. The first kappa shape index (κ1) is 13.4. The maximum Gasteiger partial charge on any atom is 0.216 e. The highest BCUT2D eigenvalue weighted by molar-refractivity contribution is 6.68. The molecule has 0 saturated heterocycles. The molecule has 0 aromatic rings. The van der Waals surface area contributed by atoms with E-state index < -0.39 is 9.90 Å². The molecule has 0 rings (SSSR count). The molecule has 0 amide bonds. The van der Waals surface area contributed by atoms with Crippen LogP contribution in [-0.4, -0.2) is 40.5 Å². The van der Waals surface area contributed by atoms with Crippen LogP contribution in [0.1, 0.15) is 6.42 Å². The Kier molecular flexibility index (Phi) is 6.11. The number of aliphatic hydroxyl groups is 1. The number of hydrogen-bond donors (Lipinski definition) is 1. The zero-order valence-electron chi connectivity index (χ0n) is 7.52. The summed E-state index contributed by atoms with van der Waals surface area (Å²) in [5.41, 5.74) is 0. The first-order valence-corrected chi connectivity index (χ1v) is 4.82. The van der Waals surface area contributed by atoms with E-state index in [2.05, 4.69) is 11.8 Å². The summed E-state index contributed by atoms with van der Waals surface area (Å²) in [5.74, 6) is 5.56. The van der Waals surface area contributed by atoms with E-state index in [4.69, 9.17) is 34.8 Å². The molecule has 0 radical (unpaired) electrons. The molecule has 0 aromatic heterocycles. The molecule has 1 unspecified atom stereocenters. The summed E-state index contributed by atoms with van der Waals surface area (Å²) in [6.07, 6.45) is -0.864. The molecule has 0 fully saturated rings. The molecule has 0 saturated carbocycles. The van der Waals surface area contributed by atoms with Gasteiger partial charge in [0.05, 0.1) is 6.54 Å². The van der Waals surface area contributed by atoms with Crippen LogP contribution in [0.4, 0.5) is 0 Å². The number of hydrogen-bond acceptors (Lipinski definition) is 2. The maximum absolute atomic E-state index is 9.24.